The molecule has 2 heterocycles. The van der Waals surface area contributed by atoms with E-state index in [2.05, 4.69) is 19.9 Å². The quantitative estimate of drug-likeness (QED) is 0.277. The van der Waals surface area contributed by atoms with E-state index >= 15 is 0 Å². The SMILES string of the molecule is O=c1[nH]c(=S)[nH]c(O)c1C=Nc1nc(-c2cccc([N+](=O)[O-])c2)cs1. The number of nitro groups is 1. The van der Waals surface area contributed by atoms with Gasteiger partial charge < -0.3 is 10.1 Å². The van der Waals surface area contributed by atoms with Crippen LogP contribution in [0.3, 0.4) is 0 Å². The summed E-state index contributed by atoms with van der Waals surface area (Å²) in [7, 11) is 0. The van der Waals surface area contributed by atoms with Crippen molar-refractivity contribution < 1.29 is 10.0 Å². The van der Waals surface area contributed by atoms with E-state index in [0.717, 1.165) is 6.21 Å². The van der Waals surface area contributed by atoms with Crippen LogP contribution in [0.1, 0.15) is 5.56 Å². The number of rotatable bonds is 4. The average molecular weight is 375 g/mol. The molecule has 0 aliphatic heterocycles. The third-order valence-electron chi connectivity index (χ3n) is 3.11. The highest BCUT2D eigenvalue weighted by molar-refractivity contribution is 7.71. The molecule has 3 rings (SSSR count). The summed E-state index contributed by atoms with van der Waals surface area (Å²) in [5.41, 5.74) is 0.399. The summed E-state index contributed by atoms with van der Waals surface area (Å²) in [6, 6.07) is 6.07. The van der Waals surface area contributed by atoms with E-state index in [1.54, 1.807) is 17.5 Å². The van der Waals surface area contributed by atoms with Gasteiger partial charge in [-0.2, -0.15) is 0 Å². The van der Waals surface area contributed by atoms with Gasteiger partial charge in [0.25, 0.3) is 11.2 Å². The molecule has 0 atom stereocenters. The second-order valence-corrected chi connectivity index (χ2v) is 6.00. The second kappa shape index (κ2) is 6.75. The number of aromatic amines is 2. The molecule has 2 aromatic heterocycles. The number of thiazole rings is 1. The molecule has 0 amide bonds. The summed E-state index contributed by atoms with van der Waals surface area (Å²) >= 11 is 5.93. The van der Waals surface area contributed by atoms with E-state index in [-0.39, 0.29) is 16.0 Å². The summed E-state index contributed by atoms with van der Waals surface area (Å²) in [6.45, 7) is 0. The van der Waals surface area contributed by atoms with Crippen LogP contribution >= 0.6 is 23.6 Å². The van der Waals surface area contributed by atoms with Gasteiger partial charge in [0.05, 0.1) is 10.6 Å². The van der Waals surface area contributed by atoms with Gasteiger partial charge in [0.2, 0.25) is 11.0 Å². The number of nitrogens with zero attached hydrogens (tertiary/aromatic N) is 3. The van der Waals surface area contributed by atoms with Crippen molar-refractivity contribution in [3.05, 3.63) is 60.4 Å². The Morgan fingerprint density at radius 1 is 1.40 bits per heavy atom. The molecule has 3 aromatic rings. The van der Waals surface area contributed by atoms with E-state index in [4.69, 9.17) is 12.2 Å². The number of hydrogen-bond donors (Lipinski definition) is 3. The average Bonchev–Trinajstić information content (AvgIpc) is 3.03. The molecule has 0 spiro atoms. The van der Waals surface area contributed by atoms with Gasteiger partial charge in [0.1, 0.15) is 5.56 Å². The first-order chi connectivity index (χ1) is 11.9. The minimum Gasteiger partial charge on any atom is -0.494 e. The molecule has 3 N–H and O–H groups in total. The topological polar surface area (TPSA) is 137 Å². The van der Waals surface area contributed by atoms with Crippen LogP contribution in [-0.4, -0.2) is 31.2 Å². The van der Waals surface area contributed by atoms with Gasteiger partial charge in [-0.05, 0) is 12.2 Å². The maximum absolute atomic E-state index is 11.7. The Labute approximate surface area is 148 Å². The number of non-ortho nitro benzene ring substituents is 1. The first-order valence-electron chi connectivity index (χ1n) is 6.74. The van der Waals surface area contributed by atoms with Crippen molar-refractivity contribution in [1.29, 1.82) is 0 Å². The lowest BCUT2D eigenvalue weighted by atomic mass is 10.1. The van der Waals surface area contributed by atoms with Crippen LogP contribution in [0, 0.1) is 14.9 Å². The van der Waals surface area contributed by atoms with Gasteiger partial charge in [-0.15, -0.1) is 11.3 Å². The summed E-state index contributed by atoms with van der Waals surface area (Å²) in [6.07, 6.45) is 1.16. The molecule has 0 aliphatic rings. The second-order valence-electron chi connectivity index (χ2n) is 4.75. The Morgan fingerprint density at radius 2 is 2.20 bits per heavy atom. The fraction of sp³-hybridized carbons (Fsp3) is 0. The molecule has 0 radical (unpaired) electrons. The van der Waals surface area contributed by atoms with Crippen LogP contribution in [0.4, 0.5) is 10.8 Å². The van der Waals surface area contributed by atoms with Crippen molar-refractivity contribution in [2.45, 2.75) is 0 Å². The lowest BCUT2D eigenvalue weighted by Gasteiger charge is -1.97. The lowest BCUT2D eigenvalue weighted by Crippen LogP contribution is -2.13. The number of aromatic nitrogens is 3. The molecule has 25 heavy (non-hydrogen) atoms. The lowest BCUT2D eigenvalue weighted by molar-refractivity contribution is -0.384. The minimum absolute atomic E-state index is 0.00172. The Kier molecular flexibility index (Phi) is 4.50. The maximum atomic E-state index is 11.7. The van der Waals surface area contributed by atoms with Crippen molar-refractivity contribution >= 4 is 40.6 Å². The van der Waals surface area contributed by atoms with Crippen molar-refractivity contribution in [2.75, 3.05) is 0 Å². The summed E-state index contributed by atoms with van der Waals surface area (Å²) < 4.78 is 0.00172. The highest BCUT2D eigenvalue weighted by Gasteiger charge is 2.10. The molecular weight excluding hydrogens is 366 g/mol. The molecule has 9 nitrogen and oxygen atoms in total. The number of nitro benzene ring substituents is 1. The maximum Gasteiger partial charge on any atom is 0.270 e. The van der Waals surface area contributed by atoms with Crippen LogP contribution in [0.25, 0.3) is 11.3 Å². The van der Waals surface area contributed by atoms with Crippen LogP contribution in [0.2, 0.25) is 0 Å². The van der Waals surface area contributed by atoms with Crippen LogP contribution < -0.4 is 5.56 Å². The highest BCUT2D eigenvalue weighted by atomic mass is 32.1. The zero-order valence-electron chi connectivity index (χ0n) is 12.3. The molecular formula is C14H9N5O4S2. The number of nitrogens with one attached hydrogen (secondary N) is 2. The van der Waals surface area contributed by atoms with E-state index in [0.29, 0.717) is 16.4 Å². The third-order valence-corrected chi connectivity index (χ3v) is 4.06. The fourth-order valence-corrected chi connectivity index (χ4v) is 2.82. The largest absolute Gasteiger partial charge is 0.494 e. The predicted molar refractivity (Wildman–Crippen MR) is 95.4 cm³/mol. The van der Waals surface area contributed by atoms with Gasteiger partial charge in [-0.1, -0.05) is 12.1 Å². The summed E-state index contributed by atoms with van der Waals surface area (Å²) in [4.78, 5) is 35.1. The Balaban J connectivity index is 1.90. The molecule has 11 heteroatoms. The van der Waals surface area contributed by atoms with Crippen LogP contribution in [-0.2, 0) is 0 Å². The Bertz CT molecular complexity index is 1100. The summed E-state index contributed by atoms with van der Waals surface area (Å²) in [5.74, 6) is -0.395. The van der Waals surface area contributed by atoms with E-state index in [9.17, 15) is 20.0 Å². The normalized spacial score (nSPS) is 11.0. The standard InChI is InChI=1S/C14H9N5O4S2/c20-11-9(12(21)18-13(24)17-11)5-15-14-16-10(6-25-14)7-2-1-3-8(4-7)19(22)23/h1-6H,(H3,17,18,20,21,24). The Hall–Kier alpha value is -3.18. The number of aliphatic imine (C=N–C) groups is 1. The fourth-order valence-electron chi connectivity index (χ4n) is 1.96. The monoisotopic (exact) mass is 375 g/mol. The molecule has 0 unspecified atom stereocenters. The molecule has 0 fully saturated rings. The zero-order chi connectivity index (χ0) is 18.0. The number of aromatic hydroxyl groups is 1. The van der Waals surface area contributed by atoms with E-state index in [1.165, 1.54) is 23.5 Å². The number of benzene rings is 1. The van der Waals surface area contributed by atoms with Crippen molar-refractivity contribution in [2.24, 2.45) is 4.99 Å². The smallest absolute Gasteiger partial charge is 0.270 e. The van der Waals surface area contributed by atoms with Gasteiger partial charge in [0.15, 0.2) is 4.77 Å². The summed E-state index contributed by atoms with van der Waals surface area (Å²) in [5, 5.41) is 22.5. The van der Waals surface area contributed by atoms with Crippen molar-refractivity contribution in [1.82, 2.24) is 15.0 Å². The molecule has 0 saturated heterocycles. The van der Waals surface area contributed by atoms with Crippen molar-refractivity contribution in [3.8, 4) is 17.1 Å². The van der Waals surface area contributed by atoms with Crippen LogP contribution in [0.15, 0.2) is 39.4 Å². The zero-order valence-corrected chi connectivity index (χ0v) is 13.9. The first kappa shape index (κ1) is 16.7. The molecule has 1 aromatic carbocycles. The number of hydrogen-bond acceptors (Lipinski definition) is 8. The molecule has 126 valence electrons. The van der Waals surface area contributed by atoms with Crippen molar-refractivity contribution in [3.63, 3.8) is 0 Å². The molecule has 0 bridgehead atoms. The molecule has 0 saturated carbocycles. The van der Waals surface area contributed by atoms with Gasteiger partial charge >= 0.3 is 0 Å². The third kappa shape index (κ3) is 3.67. The van der Waals surface area contributed by atoms with Crippen LogP contribution in [0.5, 0.6) is 5.88 Å². The Morgan fingerprint density at radius 3 is 2.92 bits per heavy atom. The highest BCUT2D eigenvalue weighted by Crippen LogP contribution is 2.28. The number of H-pyrrole nitrogens is 2. The van der Waals surface area contributed by atoms with Gasteiger partial charge in [-0.25, -0.2) is 9.98 Å². The van der Waals surface area contributed by atoms with E-state index < -0.39 is 16.4 Å². The first-order valence-corrected chi connectivity index (χ1v) is 8.03. The van der Waals surface area contributed by atoms with Gasteiger partial charge in [-0.3, -0.25) is 19.9 Å². The molecule has 0 aliphatic carbocycles. The minimum atomic E-state index is -0.583. The predicted octanol–water partition coefficient (Wildman–Crippen LogP) is 2.92. The van der Waals surface area contributed by atoms with Gasteiger partial charge in [0, 0.05) is 29.3 Å². The van der Waals surface area contributed by atoms with E-state index in [1.807, 2.05) is 0 Å².